The summed E-state index contributed by atoms with van der Waals surface area (Å²) in [5.41, 5.74) is 0.317. The van der Waals surface area contributed by atoms with Crippen LogP contribution in [0.25, 0.3) is 0 Å². The van der Waals surface area contributed by atoms with E-state index in [2.05, 4.69) is 5.32 Å². The zero-order valence-corrected chi connectivity index (χ0v) is 9.63. The summed E-state index contributed by atoms with van der Waals surface area (Å²) in [6, 6.07) is 4.73. The fourth-order valence-electron chi connectivity index (χ4n) is 1.19. The van der Waals surface area contributed by atoms with Gasteiger partial charge in [0.1, 0.15) is 5.82 Å². The van der Waals surface area contributed by atoms with Crippen molar-refractivity contribution in [2.75, 3.05) is 18.5 Å². The molecule has 0 aliphatic carbocycles. The predicted octanol–water partition coefficient (Wildman–Crippen LogP) is 0.417. The molecule has 7 heteroatoms. The van der Waals surface area contributed by atoms with Gasteiger partial charge in [0.25, 0.3) is 0 Å². The van der Waals surface area contributed by atoms with Gasteiger partial charge in [0.15, 0.2) is 6.10 Å². The summed E-state index contributed by atoms with van der Waals surface area (Å²) in [7, 11) is 1.40. The third-order valence-electron chi connectivity index (χ3n) is 2.23. The molecule has 0 aromatic heterocycles. The summed E-state index contributed by atoms with van der Waals surface area (Å²) in [5, 5.41) is 19.6. The third kappa shape index (κ3) is 3.70. The molecule has 1 atom stereocenters. The number of hydrogen-bond acceptors (Lipinski definition) is 3. The summed E-state index contributed by atoms with van der Waals surface area (Å²) in [6.45, 7) is -0.423. The number of carboxylic acids is 1. The fraction of sp³-hybridized carbons (Fsp3) is 0.273. The number of carboxylic acid groups (broad SMARTS) is 1. The van der Waals surface area contributed by atoms with Crippen LogP contribution in [-0.2, 0) is 4.79 Å². The van der Waals surface area contributed by atoms with Gasteiger partial charge < -0.3 is 15.5 Å². The third-order valence-corrected chi connectivity index (χ3v) is 2.23. The molecule has 0 unspecified atom stereocenters. The second-order valence-corrected chi connectivity index (χ2v) is 3.58. The lowest BCUT2D eigenvalue weighted by molar-refractivity contribution is -0.146. The number of urea groups is 1. The van der Waals surface area contributed by atoms with E-state index in [1.165, 1.54) is 25.2 Å². The predicted molar refractivity (Wildman–Crippen MR) is 61.8 cm³/mol. The number of carbonyl (C=O) groups is 2. The van der Waals surface area contributed by atoms with Gasteiger partial charge in [0.2, 0.25) is 0 Å². The first-order valence-corrected chi connectivity index (χ1v) is 5.10. The Kier molecular flexibility index (Phi) is 4.61. The van der Waals surface area contributed by atoms with Gasteiger partial charge in [-0.25, -0.2) is 14.0 Å². The second-order valence-electron chi connectivity index (χ2n) is 3.58. The summed E-state index contributed by atoms with van der Waals surface area (Å²) < 4.78 is 12.9. The summed E-state index contributed by atoms with van der Waals surface area (Å²) in [6.07, 6.45) is -1.67. The number of aliphatic carboxylic acids is 1. The molecule has 18 heavy (non-hydrogen) atoms. The van der Waals surface area contributed by atoms with Crippen LogP contribution >= 0.6 is 0 Å². The summed E-state index contributed by atoms with van der Waals surface area (Å²) in [5.74, 6) is -1.92. The maximum atomic E-state index is 12.9. The molecule has 3 N–H and O–H groups in total. The highest BCUT2D eigenvalue weighted by molar-refractivity contribution is 5.91. The van der Waals surface area contributed by atoms with Crippen LogP contribution in [0.1, 0.15) is 0 Å². The van der Waals surface area contributed by atoms with E-state index in [0.717, 1.165) is 11.0 Å². The number of rotatable bonds is 4. The van der Waals surface area contributed by atoms with E-state index >= 15 is 0 Å². The Bertz CT molecular complexity index is 452. The Balaban J connectivity index is 2.59. The van der Waals surface area contributed by atoms with E-state index in [1.54, 1.807) is 0 Å². The molecule has 6 nitrogen and oxygen atoms in total. The van der Waals surface area contributed by atoms with Crippen molar-refractivity contribution in [3.63, 3.8) is 0 Å². The number of nitrogens with one attached hydrogen (secondary N) is 1. The van der Waals surface area contributed by atoms with E-state index in [1.807, 2.05) is 0 Å². The van der Waals surface area contributed by atoms with Crippen molar-refractivity contribution in [1.29, 1.82) is 0 Å². The van der Waals surface area contributed by atoms with Crippen molar-refractivity contribution in [2.24, 2.45) is 0 Å². The summed E-state index contributed by atoms with van der Waals surface area (Å²) >= 11 is 0. The van der Waals surface area contributed by atoms with Crippen LogP contribution in [-0.4, -0.2) is 41.9 Å². The van der Waals surface area contributed by atoms with Crippen LogP contribution in [0.4, 0.5) is 14.9 Å². The van der Waals surface area contributed by atoms with Gasteiger partial charge in [-0.15, -0.1) is 0 Å². The molecule has 0 heterocycles. The first kappa shape index (κ1) is 13.9. The average molecular weight is 256 g/mol. The zero-order valence-electron chi connectivity index (χ0n) is 9.63. The van der Waals surface area contributed by atoms with Gasteiger partial charge in [-0.05, 0) is 18.2 Å². The van der Waals surface area contributed by atoms with Crippen LogP contribution in [0.3, 0.4) is 0 Å². The van der Waals surface area contributed by atoms with E-state index in [-0.39, 0.29) is 0 Å². The fourth-order valence-corrected chi connectivity index (χ4v) is 1.19. The first-order valence-electron chi connectivity index (χ1n) is 5.10. The van der Waals surface area contributed by atoms with Crippen LogP contribution in [0.15, 0.2) is 24.3 Å². The Labute approximate surface area is 103 Å². The highest BCUT2D eigenvalue weighted by Gasteiger charge is 2.16. The van der Waals surface area contributed by atoms with Crippen LogP contribution < -0.4 is 10.2 Å². The van der Waals surface area contributed by atoms with Crippen molar-refractivity contribution in [2.45, 2.75) is 6.10 Å². The van der Waals surface area contributed by atoms with Crippen LogP contribution in [0.5, 0.6) is 0 Å². The minimum Gasteiger partial charge on any atom is -0.479 e. The van der Waals surface area contributed by atoms with Crippen molar-refractivity contribution >= 4 is 17.7 Å². The monoisotopic (exact) mass is 256 g/mol. The molecule has 0 spiro atoms. The molecule has 0 saturated carbocycles. The Morgan fingerprint density at radius 2 is 2.17 bits per heavy atom. The van der Waals surface area contributed by atoms with Gasteiger partial charge >= 0.3 is 12.0 Å². The van der Waals surface area contributed by atoms with E-state index in [0.29, 0.717) is 5.69 Å². The summed E-state index contributed by atoms with van der Waals surface area (Å²) in [4.78, 5) is 23.0. The number of carbonyl (C=O) groups excluding carboxylic acids is 1. The molecule has 0 fully saturated rings. The molecule has 1 aromatic rings. The quantitative estimate of drug-likeness (QED) is 0.728. The molecular formula is C11H13FN2O4. The number of hydrogen-bond donors (Lipinski definition) is 3. The number of aliphatic hydroxyl groups is 1. The number of benzene rings is 1. The van der Waals surface area contributed by atoms with Crippen molar-refractivity contribution in [3.8, 4) is 0 Å². The van der Waals surface area contributed by atoms with Crippen LogP contribution in [0, 0.1) is 5.82 Å². The van der Waals surface area contributed by atoms with Gasteiger partial charge in [0, 0.05) is 12.7 Å². The zero-order chi connectivity index (χ0) is 13.7. The maximum absolute atomic E-state index is 12.9. The maximum Gasteiger partial charge on any atom is 0.334 e. The molecule has 1 rings (SSSR count). The number of nitrogens with zero attached hydrogens (tertiary/aromatic N) is 1. The molecule has 0 radical (unpaired) electrons. The molecule has 0 aliphatic rings. The van der Waals surface area contributed by atoms with Gasteiger partial charge in [-0.3, -0.25) is 4.90 Å². The average Bonchev–Trinajstić information content (AvgIpc) is 2.34. The molecule has 0 bridgehead atoms. The smallest absolute Gasteiger partial charge is 0.334 e. The Hall–Kier alpha value is -2.15. The second kappa shape index (κ2) is 5.97. The molecule has 0 saturated heterocycles. The normalized spacial score (nSPS) is 11.7. The van der Waals surface area contributed by atoms with Crippen molar-refractivity contribution < 1.29 is 24.2 Å². The highest BCUT2D eigenvalue weighted by atomic mass is 19.1. The lowest BCUT2D eigenvalue weighted by Crippen LogP contribution is -2.43. The largest absolute Gasteiger partial charge is 0.479 e. The highest BCUT2D eigenvalue weighted by Crippen LogP contribution is 2.13. The minimum atomic E-state index is -1.67. The lowest BCUT2D eigenvalue weighted by atomic mass is 10.3. The van der Waals surface area contributed by atoms with Gasteiger partial charge in [0.05, 0.1) is 6.54 Å². The molecule has 2 amide bonds. The number of aliphatic hydroxyl groups excluding tert-OH is 1. The van der Waals surface area contributed by atoms with E-state index in [4.69, 9.17) is 10.2 Å². The first-order chi connectivity index (χ1) is 8.41. The van der Waals surface area contributed by atoms with Gasteiger partial charge in [-0.1, -0.05) is 6.07 Å². The van der Waals surface area contributed by atoms with E-state index < -0.39 is 30.5 Å². The topological polar surface area (TPSA) is 89.9 Å². The SMILES string of the molecule is CN(C(=O)NC[C@H](O)C(=O)O)c1cccc(F)c1. The van der Waals surface area contributed by atoms with Gasteiger partial charge in [-0.2, -0.15) is 0 Å². The Morgan fingerprint density at radius 1 is 1.50 bits per heavy atom. The Morgan fingerprint density at radius 3 is 2.72 bits per heavy atom. The van der Waals surface area contributed by atoms with Crippen molar-refractivity contribution in [3.05, 3.63) is 30.1 Å². The minimum absolute atomic E-state index is 0.317. The molecule has 98 valence electrons. The van der Waals surface area contributed by atoms with Crippen LogP contribution in [0.2, 0.25) is 0 Å². The lowest BCUT2D eigenvalue weighted by Gasteiger charge is -2.18. The number of amides is 2. The molecule has 1 aromatic carbocycles. The number of anilines is 1. The van der Waals surface area contributed by atoms with Crippen molar-refractivity contribution in [1.82, 2.24) is 5.32 Å². The number of halogens is 1. The van der Waals surface area contributed by atoms with E-state index in [9.17, 15) is 14.0 Å². The standard InChI is InChI=1S/C11H13FN2O4/c1-14(8-4-2-3-7(12)5-8)11(18)13-6-9(15)10(16)17/h2-5,9,15H,6H2,1H3,(H,13,18)(H,16,17)/t9-/m0/s1. The molecule has 0 aliphatic heterocycles. The molecular weight excluding hydrogens is 243 g/mol.